The highest BCUT2D eigenvalue weighted by molar-refractivity contribution is 7.89. The number of piperidine rings is 1. The number of nitrogens with one attached hydrogen (secondary N) is 1. The molecule has 6 nitrogen and oxygen atoms in total. The van der Waals surface area contributed by atoms with Crippen LogP contribution in [0, 0.1) is 5.92 Å². The Labute approximate surface area is 147 Å². The predicted molar refractivity (Wildman–Crippen MR) is 92.7 cm³/mol. The zero-order valence-corrected chi connectivity index (χ0v) is 15.1. The number of sulfonamides is 1. The van der Waals surface area contributed by atoms with Gasteiger partial charge in [0.2, 0.25) is 15.9 Å². The summed E-state index contributed by atoms with van der Waals surface area (Å²) in [5.74, 6) is 0.00944. The number of hydrogen-bond donors (Lipinski definition) is 1. The van der Waals surface area contributed by atoms with Crippen LogP contribution < -0.4 is 10.1 Å². The molecule has 1 aromatic rings. The van der Waals surface area contributed by atoms with E-state index < -0.39 is 10.0 Å². The largest absolute Gasteiger partial charge is 0.495 e. The summed E-state index contributed by atoms with van der Waals surface area (Å²) < 4.78 is 32.2. The minimum Gasteiger partial charge on any atom is -0.495 e. The Morgan fingerprint density at radius 2 is 2.12 bits per heavy atom. The van der Waals surface area contributed by atoms with Gasteiger partial charge >= 0.3 is 0 Å². The molecule has 0 saturated carbocycles. The number of hydrogen-bond acceptors (Lipinski definition) is 4. The SMILES string of the molecule is C=CCNC(=O)C1CCN(S(=O)(=O)c2cc(Cl)ccc2OC)CC1. The van der Waals surface area contributed by atoms with Crippen LogP contribution in [0.5, 0.6) is 5.75 Å². The fourth-order valence-electron chi connectivity index (χ4n) is 2.67. The smallest absolute Gasteiger partial charge is 0.246 e. The van der Waals surface area contributed by atoms with E-state index in [1.165, 1.54) is 23.5 Å². The molecule has 0 atom stereocenters. The maximum atomic E-state index is 12.8. The summed E-state index contributed by atoms with van der Waals surface area (Å²) >= 11 is 5.93. The second-order valence-corrected chi connectivity index (χ2v) is 7.85. The van der Waals surface area contributed by atoms with E-state index in [9.17, 15) is 13.2 Å². The zero-order chi connectivity index (χ0) is 17.7. The highest BCUT2D eigenvalue weighted by Crippen LogP contribution is 2.31. The number of methoxy groups -OCH3 is 1. The Hall–Kier alpha value is -1.57. The third kappa shape index (κ3) is 4.09. The van der Waals surface area contributed by atoms with Gasteiger partial charge in [-0.15, -0.1) is 6.58 Å². The van der Waals surface area contributed by atoms with E-state index in [4.69, 9.17) is 16.3 Å². The average molecular weight is 373 g/mol. The lowest BCUT2D eigenvalue weighted by Crippen LogP contribution is -2.43. The van der Waals surface area contributed by atoms with Crippen LogP contribution in [0.15, 0.2) is 35.7 Å². The highest BCUT2D eigenvalue weighted by Gasteiger charge is 2.33. The second-order valence-electron chi connectivity index (χ2n) is 5.51. The molecule has 132 valence electrons. The van der Waals surface area contributed by atoms with E-state index in [1.807, 2.05) is 0 Å². The Morgan fingerprint density at radius 3 is 2.71 bits per heavy atom. The van der Waals surface area contributed by atoms with E-state index in [2.05, 4.69) is 11.9 Å². The Bertz CT molecular complexity index is 713. The van der Waals surface area contributed by atoms with Gasteiger partial charge in [-0.05, 0) is 31.0 Å². The van der Waals surface area contributed by atoms with Crippen LogP contribution in [-0.4, -0.2) is 45.4 Å². The summed E-state index contributed by atoms with van der Waals surface area (Å²) in [6.45, 7) is 4.53. The number of ether oxygens (including phenoxy) is 1. The number of amides is 1. The first-order valence-corrected chi connectivity index (χ1v) is 9.44. The molecule has 2 rings (SSSR count). The molecular formula is C16H21ClN2O4S. The molecular weight excluding hydrogens is 352 g/mol. The van der Waals surface area contributed by atoms with Gasteiger partial charge in [0.15, 0.2) is 0 Å². The van der Waals surface area contributed by atoms with Gasteiger partial charge in [0.1, 0.15) is 10.6 Å². The van der Waals surface area contributed by atoms with Crippen LogP contribution in [-0.2, 0) is 14.8 Å². The summed E-state index contributed by atoms with van der Waals surface area (Å²) in [5.41, 5.74) is 0. The third-order valence-electron chi connectivity index (χ3n) is 3.99. The highest BCUT2D eigenvalue weighted by atomic mass is 35.5. The monoisotopic (exact) mass is 372 g/mol. The Morgan fingerprint density at radius 1 is 1.46 bits per heavy atom. The van der Waals surface area contributed by atoms with Crippen LogP contribution in [0.4, 0.5) is 0 Å². The fourth-order valence-corrected chi connectivity index (χ4v) is 4.55. The summed E-state index contributed by atoms with van der Waals surface area (Å²) in [5, 5.41) is 3.08. The number of carbonyl (C=O) groups excluding carboxylic acids is 1. The fraction of sp³-hybridized carbons (Fsp3) is 0.438. The van der Waals surface area contributed by atoms with Crippen LogP contribution in [0.25, 0.3) is 0 Å². The van der Waals surface area contributed by atoms with Gasteiger partial charge in [-0.2, -0.15) is 4.31 Å². The average Bonchev–Trinajstić information content (AvgIpc) is 2.59. The summed E-state index contributed by atoms with van der Waals surface area (Å²) in [7, 11) is -2.30. The van der Waals surface area contributed by atoms with Gasteiger partial charge in [-0.25, -0.2) is 8.42 Å². The van der Waals surface area contributed by atoms with Crippen molar-refractivity contribution >= 4 is 27.5 Å². The molecule has 1 aromatic carbocycles. The lowest BCUT2D eigenvalue weighted by Gasteiger charge is -2.30. The number of benzene rings is 1. The van der Waals surface area contributed by atoms with Crippen molar-refractivity contribution < 1.29 is 17.9 Å². The minimum absolute atomic E-state index is 0.0482. The van der Waals surface area contributed by atoms with Crippen LogP contribution in [0.2, 0.25) is 5.02 Å². The standard InChI is InChI=1S/C16H21ClN2O4S/c1-3-8-18-16(20)12-6-9-19(10-7-12)24(21,22)15-11-13(17)4-5-14(15)23-2/h3-5,11-12H,1,6-10H2,2H3,(H,18,20). The Kier molecular flexibility index (Phi) is 6.26. The lowest BCUT2D eigenvalue weighted by atomic mass is 9.97. The number of nitrogens with zero attached hydrogens (tertiary/aromatic N) is 1. The predicted octanol–water partition coefficient (Wildman–Crippen LogP) is 2.05. The van der Waals surface area contributed by atoms with Crippen molar-refractivity contribution in [3.05, 3.63) is 35.9 Å². The maximum Gasteiger partial charge on any atom is 0.246 e. The van der Waals surface area contributed by atoms with E-state index in [1.54, 1.807) is 12.1 Å². The van der Waals surface area contributed by atoms with Crippen molar-refractivity contribution in [1.29, 1.82) is 0 Å². The molecule has 8 heteroatoms. The molecule has 1 aliphatic heterocycles. The molecule has 1 aliphatic rings. The molecule has 0 aliphatic carbocycles. The van der Waals surface area contributed by atoms with Crippen molar-refractivity contribution in [3.8, 4) is 5.75 Å². The van der Waals surface area contributed by atoms with Crippen LogP contribution in [0.3, 0.4) is 0 Å². The summed E-state index contributed by atoms with van der Waals surface area (Å²) in [4.78, 5) is 12.0. The van der Waals surface area contributed by atoms with Gasteiger partial charge in [-0.3, -0.25) is 4.79 Å². The van der Waals surface area contributed by atoms with Gasteiger partial charge in [0.25, 0.3) is 0 Å². The first-order valence-electron chi connectivity index (χ1n) is 7.62. The van der Waals surface area contributed by atoms with Crippen molar-refractivity contribution in [1.82, 2.24) is 9.62 Å². The van der Waals surface area contributed by atoms with Crippen molar-refractivity contribution in [2.24, 2.45) is 5.92 Å². The molecule has 0 bridgehead atoms. The molecule has 24 heavy (non-hydrogen) atoms. The van der Waals surface area contributed by atoms with Crippen molar-refractivity contribution in [3.63, 3.8) is 0 Å². The quantitative estimate of drug-likeness (QED) is 0.775. The summed E-state index contributed by atoms with van der Waals surface area (Å²) in [6.07, 6.45) is 2.57. The molecule has 0 unspecified atom stereocenters. The topological polar surface area (TPSA) is 75.7 Å². The number of halogens is 1. The molecule has 1 fully saturated rings. The van der Waals surface area contributed by atoms with Crippen LogP contribution in [0.1, 0.15) is 12.8 Å². The lowest BCUT2D eigenvalue weighted by molar-refractivity contribution is -0.125. The van der Waals surface area contributed by atoms with E-state index >= 15 is 0 Å². The van der Waals surface area contributed by atoms with E-state index in [-0.39, 0.29) is 35.6 Å². The molecule has 0 radical (unpaired) electrons. The van der Waals surface area contributed by atoms with Crippen LogP contribution >= 0.6 is 11.6 Å². The second kappa shape index (κ2) is 8.00. The minimum atomic E-state index is -3.72. The van der Waals surface area contributed by atoms with E-state index in [0.717, 1.165) is 0 Å². The van der Waals surface area contributed by atoms with Crippen molar-refractivity contribution in [2.45, 2.75) is 17.7 Å². The first-order chi connectivity index (χ1) is 11.4. The van der Waals surface area contributed by atoms with Gasteiger partial charge in [0, 0.05) is 30.6 Å². The van der Waals surface area contributed by atoms with Gasteiger partial charge < -0.3 is 10.1 Å². The number of rotatable bonds is 6. The zero-order valence-electron chi connectivity index (χ0n) is 13.5. The molecule has 1 saturated heterocycles. The first kappa shape index (κ1) is 18.8. The van der Waals surface area contributed by atoms with Gasteiger partial charge in [-0.1, -0.05) is 17.7 Å². The van der Waals surface area contributed by atoms with Crippen molar-refractivity contribution in [2.75, 3.05) is 26.7 Å². The molecule has 0 spiro atoms. The van der Waals surface area contributed by atoms with E-state index in [0.29, 0.717) is 24.4 Å². The summed E-state index contributed by atoms with van der Waals surface area (Å²) in [6, 6.07) is 4.50. The molecule has 1 amide bonds. The molecule has 1 heterocycles. The number of carbonyl (C=O) groups is 1. The normalized spacial score (nSPS) is 16.6. The maximum absolute atomic E-state index is 12.8. The molecule has 1 N–H and O–H groups in total. The third-order valence-corrected chi connectivity index (χ3v) is 6.14. The Balaban J connectivity index is 2.12. The van der Waals surface area contributed by atoms with Gasteiger partial charge in [0.05, 0.1) is 7.11 Å². The molecule has 0 aromatic heterocycles.